The monoisotopic (exact) mass is 221 g/mol. The molecule has 0 saturated heterocycles. The van der Waals surface area contributed by atoms with Crippen LogP contribution >= 0.6 is 11.8 Å². The molecule has 0 aliphatic heterocycles. The van der Waals surface area contributed by atoms with E-state index in [0.29, 0.717) is 5.95 Å². The molecule has 5 nitrogen and oxygen atoms in total. The predicted molar refractivity (Wildman–Crippen MR) is 58.5 cm³/mol. The molecule has 2 heterocycles. The second kappa shape index (κ2) is 3.90. The van der Waals surface area contributed by atoms with Gasteiger partial charge in [0.1, 0.15) is 5.03 Å². The Kier molecular flexibility index (Phi) is 2.59. The molecule has 0 spiro atoms. The van der Waals surface area contributed by atoms with E-state index >= 15 is 0 Å². The minimum absolute atomic E-state index is 0.298. The molecule has 0 amide bonds. The average Bonchev–Trinajstić information content (AvgIpc) is 2.50. The van der Waals surface area contributed by atoms with Crippen LogP contribution in [0.25, 0.3) is 0 Å². The summed E-state index contributed by atoms with van der Waals surface area (Å²) in [6, 6.07) is 1.88. The standard InChI is InChI=1S/C9H11N5S/c1-6-5-7(13-8(10)12-6)15-9-11-3-4-14(9)2/h3-5H,1-2H3,(H2,10,12,13). The van der Waals surface area contributed by atoms with Crippen molar-refractivity contribution in [1.29, 1.82) is 0 Å². The van der Waals surface area contributed by atoms with Crippen LogP contribution in [0.4, 0.5) is 5.95 Å². The first-order valence-electron chi connectivity index (χ1n) is 4.41. The van der Waals surface area contributed by atoms with Gasteiger partial charge in [0, 0.05) is 25.1 Å². The highest BCUT2D eigenvalue weighted by molar-refractivity contribution is 7.99. The molecule has 0 aliphatic rings. The molecule has 15 heavy (non-hydrogen) atoms. The van der Waals surface area contributed by atoms with Gasteiger partial charge in [-0.2, -0.15) is 0 Å². The quantitative estimate of drug-likeness (QED) is 0.773. The fourth-order valence-electron chi connectivity index (χ4n) is 1.16. The second-order valence-electron chi connectivity index (χ2n) is 3.13. The van der Waals surface area contributed by atoms with E-state index in [0.717, 1.165) is 15.9 Å². The van der Waals surface area contributed by atoms with Crippen molar-refractivity contribution in [2.45, 2.75) is 17.1 Å². The van der Waals surface area contributed by atoms with Gasteiger partial charge in [-0.1, -0.05) is 0 Å². The van der Waals surface area contributed by atoms with E-state index in [-0.39, 0.29) is 0 Å². The van der Waals surface area contributed by atoms with E-state index in [2.05, 4.69) is 15.0 Å². The number of nitrogens with two attached hydrogens (primary N) is 1. The van der Waals surface area contributed by atoms with Gasteiger partial charge >= 0.3 is 0 Å². The summed E-state index contributed by atoms with van der Waals surface area (Å²) in [5, 5.41) is 1.70. The molecular formula is C9H11N5S. The van der Waals surface area contributed by atoms with Crippen LogP contribution in [0.1, 0.15) is 5.69 Å². The number of nitrogens with zero attached hydrogens (tertiary/aromatic N) is 4. The van der Waals surface area contributed by atoms with Crippen molar-refractivity contribution in [1.82, 2.24) is 19.5 Å². The first-order valence-corrected chi connectivity index (χ1v) is 5.23. The number of imidazole rings is 1. The zero-order valence-electron chi connectivity index (χ0n) is 8.51. The third-order valence-electron chi connectivity index (χ3n) is 1.82. The van der Waals surface area contributed by atoms with Crippen LogP contribution in [0.3, 0.4) is 0 Å². The molecular weight excluding hydrogens is 210 g/mol. The molecule has 0 atom stereocenters. The molecule has 0 aromatic carbocycles. The lowest BCUT2D eigenvalue weighted by atomic mass is 10.5. The lowest BCUT2D eigenvalue weighted by Crippen LogP contribution is -1.98. The Morgan fingerprint density at radius 1 is 1.40 bits per heavy atom. The molecule has 2 N–H and O–H groups in total. The predicted octanol–water partition coefficient (Wildman–Crippen LogP) is 1.25. The van der Waals surface area contributed by atoms with Gasteiger partial charge in [0.15, 0.2) is 5.16 Å². The summed E-state index contributed by atoms with van der Waals surface area (Å²) in [7, 11) is 1.94. The van der Waals surface area contributed by atoms with Gasteiger partial charge in [-0.3, -0.25) is 0 Å². The number of aryl methyl sites for hydroxylation is 2. The number of hydrogen-bond donors (Lipinski definition) is 1. The van der Waals surface area contributed by atoms with Crippen LogP contribution < -0.4 is 5.73 Å². The summed E-state index contributed by atoms with van der Waals surface area (Å²) < 4.78 is 1.93. The fraction of sp³-hybridized carbons (Fsp3) is 0.222. The van der Waals surface area contributed by atoms with E-state index in [1.165, 1.54) is 11.8 Å². The Morgan fingerprint density at radius 3 is 2.80 bits per heavy atom. The first-order chi connectivity index (χ1) is 7.15. The van der Waals surface area contributed by atoms with E-state index in [9.17, 15) is 0 Å². The SMILES string of the molecule is Cc1cc(Sc2nccn2C)nc(N)n1. The van der Waals surface area contributed by atoms with Crippen molar-refractivity contribution in [3.63, 3.8) is 0 Å². The Balaban J connectivity index is 2.28. The molecule has 0 radical (unpaired) electrons. The molecule has 0 saturated carbocycles. The normalized spacial score (nSPS) is 10.5. The average molecular weight is 221 g/mol. The van der Waals surface area contributed by atoms with Crippen LogP contribution in [0.2, 0.25) is 0 Å². The summed E-state index contributed by atoms with van der Waals surface area (Å²) in [5.41, 5.74) is 6.42. The maximum absolute atomic E-state index is 5.56. The highest BCUT2D eigenvalue weighted by atomic mass is 32.2. The Labute approximate surface area is 91.8 Å². The number of rotatable bonds is 2. The lowest BCUT2D eigenvalue weighted by molar-refractivity contribution is 0.788. The number of anilines is 1. The second-order valence-corrected chi connectivity index (χ2v) is 4.12. The molecule has 0 fully saturated rings. The zero-order chi connectivity index (χ0) is 10.8. The molecule has 0 unspecified atom stereocenters. The highest BCUT2D eigenvalue weighted by Gasteiger charge is 2.05. The van der Waals surface area contributed by atoms with Gasteiger partial charge in [0.2, 0.25) is 5.95 Å². The summed E-state index contributed by atoms with van der Waals surface area (Å²) in [5.74, 6) is 0.298. The number of hydrogen-bond acceptors (Lipinski definition) is 5. The smallest absolute Gasteiger partial charge is 0.221 e. The topological polar surface area (TPSA) is 69.6 Å². The van der Waals surface area contributed by atoms with Crippen molar-refractivity contribution < 1.29 is 0 Å². The van der Waals surface area contributed by atoms with Gasteiger partial charge in [-0.05, 0) is 24.8 Å². The van der Waals surface area contributed by atoms with Crippen LogP contribution in [-0.2, 0) is 7.05 Å². The maximum atomic E-state index is 5.56. The first kappa shape index (κ1) is 9.97. The largest absolute Gasteiger partial charge is 0.368 e. The third kappa shape index (κ3) is 2.27. The third-order valence-corrected chi connectivity index (χ3v) is 2.82. The van der Waals surface area contributed by atoms with Crippen LogP contribution in [0, 0.1) is 6.92 Å². The van der Waals surface area contributed by atoms with Crippen molar-refractivity contribution in [3.8, 4) is 0 Å². The van der Waals surface area contributed by atoms with E-state index < -0.39 is 0 Å². The summed E-state index contributed by atoms with van der Waals surface area (Å²) in [6.45, 7) is 1.89. The van der Waals surface area contributed by atoms with Crippen molar-refractivity contribution in [3.05, 3.63) is 24.2 Å². The Morgan fingerprint density at radius 2 is 2.20 bits per heavy atom. The molecule has 2 aromatic heterocycles. The number of aromatic nitrogens is 4. The molecule has 0 bridgehead atoms. The molecule has 78 valence electrons. The van der Waals surface area contributed by atoms with Gasteiger partial charge in [-0.15, -0.1) is 0 Å². The molecule has 2 rings (SSSR count). The molecule has 2 aromatic rings. The highest BCUT2D eigenvalue weighted by Crippen LogP contribution is 2.24. The van der Waals surface area contributed by atoms with Crippen molar-refractivity contribution in [2.75, 3.05) is 5.73 Å². The van der Waals surface area contributed by atoms with Crippen molar-refractivity contribution in [2.24, 2.45) is 7.05 Å². The van der Waals surface area contributed by atoms with Crippen molar-refractivity contribution >= 4 is 17.7 Å². The van der Waals surface area contributed by atoms with E-state index in [1.807, 2.05) is 30.8 Å². The fourth-order valence-corrected chi connectivity index (χ4v) is 2.03. The minimum atomic E-state index is 0.298. The lowest BCUT2D eigenvalue weighted by Gasteiger charge is -2.02. The maximum Gasteiger partial charge on any atom is 0.221 e. The van der Waals surface area contributed by atoms with Crippen LogP contribution in [0.5, 0.6) is 0 Å². The molecule has 6 heteroatoms. The summed E-state index contributed by atoms with van der Waals surface area (Å²) in [6.07, 6.45) is 3.64. The van der Waals surface area contributed by atoms with Crippen LogP contribution in [0.15, 0.2) is 28.6 Å². The Bertz CT molecular complexity index is 459. The van der Waals surface area contributed by atoms with Gasteiger partial charge in [0.25, 0.3) is 0 Å². The van der Waals surface area contributed by atoms with Gasteiger partial charge in [0.05, 0.1) is 0 Å². The minimum Gasteiger partial charge on any atom is -0.368 e. The zero-order valence-corrected chi connectivity index (χ0v) is 9.32. The number of nitrogen functional groups attached to an aromatic ring is 1. The summed E-state index contributed by atoms with van der Waals surface area (Å²) in [4.78, 5) is 12.3. The van der Waals surface area contributed by atoms with E-state index in [4.69, 9.17) is 5.73 Å². The van der Waals surface area contributed by atoms with Gasteiger partial charge < -0.3 is 10.3 Å². The van der Waals surface area contributed by atoms with Gasteiger partial charge in [-0.25, -0.2) is 15.0 Å². The molecule has 0 aliphatic carbocycles. The summed E-state index contributed by atoms with van der Waals surface area (Å²) >= 11 is 1.47. The van der Waals surface area contributed by atoms with E-state index in [1.54, 1.807) is 6.20 Å². The van der Waals surface area contributed by atoms with Crippen LogP contribution in [-0.4, -0.2) is 19.5 Å². The Hall–Kier alpha value is -1.56.